The van der Waals surface area contributed by atoms with Crippen molar-refractivity contribution >= 4 is 34.7 Å². The first-order valence-electron chi connectivity index (χ1n) is 9.21. The van der Waals surface area contributed by atoms with Crippen LogP contribution in [0, 0.1) is 12.7 Å². The first-order valence-corrected chi connectivity index (χ1v) is 11.0. The van der Waals surface area contributed by atoms with Crippen LogP contribution in [0.15, 0.2) is 40.9 Å². The first kappa shape index (κ1) is 19.1. The molecule has 146 valence electrons. The highest BCUT2D eigenvalue weighted by Gasteiger charge is 2.31. The van der Waals surface area contributed by atoms with Crippen LogP contribution >= 0.6 is 23.1 Å². The molecular weight excluding hydrogens is 395 g/mol. The van der Waals surface area contributed by atoms with Crippen molar-refractivity contribution < 1.29 is 9.18 Å². The van der Waals surface area contributed by atoms with Crippen LogP contribution in [0.1, 0.15) is 42.1 Å². The highest BCUT2D eigenvalue weighted by molar-refractivity contribution is 8.00. The molecule has 4 rings (SSSR count). The molecule has 28 heavy (non-hydrogen) atoms. The Morgan fingerprint density at radius 3 is 2.89 bits per heavy atom. The highest BCUT2D eigenvalue weighted by atomic mass is 32.2. The molecule has 1 aliphatic rings. The molecule has 1 aliphatic carbocycles. The Labute approximate surface area is 171 Å². The van der Waals surface area contributed by atoms with Crippen LogP contribution in [0.4, 0.5) is 10.1 Å². The maximum atomic E-state index is 13.7. The van der Waals surface area contributed by atoms with Crippen LogP contribution in [-0.2, 0) is 11.2 Å². The monoisotopic (exact) mass is 416 g/mol. The number of nitrogens with zero attached hydrogens (tertiary/aromatic N) is 3. The minimum atomic E-state index is -0.374. The van der Waals surface area contributed by atoms with Gasteiger partial charge in [0.2, 0.25) is 5.91 Å². The third kappa shape index (κ3) is 4.28. The number of aryl methyl sites for hydroxylation is 1. The summed E-state index contributed by atoms with van der Waals surface area (Å²) in [6.07, 6.45) is 2.99. The zero-order valence-electron chi connectivity index (χ0n) is 15.7. The standard InChI is InChI=1S/C20H21FN4OS2/c1-12-5-6-14(10-17(12)21)22-19(26)13(2)28-20-24-23-18(25(20)15-7-8-15)11-16-4-3-9-27-16/h3-6,9-10,13,15H,7-8,11H2,1-2H3,(H,22,26)/t13-/m0/s1. The SMILES string of the molecule is Cc1ccc(NC(=O)[C@H](C)Sc2nnc(Cc3cccs3)n2C2CC2)cc1F. The lowest BCUT2D eigenvalue weighted by atomic mass is 10.2. The second-order valence-corrected chi connectivity index (χ2v) is 9.31. The number of carbonyl (C=O) groups excluding carboxylic acids is 1. The molecule has 1 aromatic carbocycles. The van der Waals surface area contributed by atoms with E-state index >= 15 is 0 Å². The summed E-state index contributed by atoms with van der Waals surface area (Å²) in [7, 11) is 0. The number of anilines is 1. The Hall–Kier alpha value is -2.19. The molecular formula is C20H21FN4OS2. The van der Waals surface area contributed by atoms with E-state index in [1.807, 2.05) is 13.0 Å². The Balaban J connectivity index is 1.46. The molecule has 1 saturated carbocycles. The van der Waals surface area contributed by atoms with E-state index < -0.39 is 0 Å². The van der Waals surface area contributed by atoms with E-state index in [1.54, 1.807) is 30.4 Å². The van der Waals surface area contributed by atoms with E-state index in [4.69, 9.17) is 0 Å². The number of amides is 1. The Bertz CT molecular complexity index is 982. The van der Waals surface area contributed by atoms with Gasteiger partial charge in [-0.15, -0.1) is 21.5 Å². The summed E-state index contributed by atoms with van der Waals surface area (Å²) in [5.41, 5.74) is 1.01. The van der Waals surface area contributed by atoms with Crippen molar-refractivity contribution in [1.29, 1.82) is 0 Å². The van der Waals surface area contributed by atoms with Crippen molar-refractivity contribution in [2.45, 2.75) is 49.6 Å². The largest absolute Gasteiger partial charge is 0.325 e. The fourth-order valence-corrected chi connectivity index (χ4v) is 4.54. The van der Waals surface area contributed by atoms with Gasteiger partial charge in [-0.05, 0) is 55.8 Å². The van der Waals surface area contributed by atoms with Gasteiger partial charge in [0.05, 0.1) is 5.25 Å². The Kier molecular flexibility index (Phi) is 5.50. The van der Waals surface area contributed by atoms with Gasteiger partial charge in [-0.1, -0.05) is 23.9 Å². The van der Waals surface area contributed by atoms with Crippen molar-refractivity contribution in [2.24, 2.45) is 0 Å². The summed E-state index contributed by atoms with van der Waals surface area (Å²) >= 11 is 3.10. The molecule has 5 nitrogen and oxygen atoms in total. The topological polar surface area (TPSA) is 59.8 Å². The third-order valence-electron chi connectivity index (χ3n) is 4.65. The minimum absolute atomic E-state index is 0.182. The molecule has 0 radical (unpaired) electrons. The van der Waals surface area contributed by atoms with Gasteiger partial charge in [0.1, 0.15) is 11.6 Å². The van der Waals surface area contributed by atoms with Crippen molar-refractivity contribution in [3.05, 3.63) is 57.8 Å². The van der Waals surface area contributed by atoms with Gasteiger partial charge in [0.25, 0.3) is 0 Å². The van der Waals surface area contributed by atoms with Gasteiger partial charge < -0.3 is 9.88 Å². The quantitative estimate of drug-likeness (QED) is 0.560. The van der Waals surface area contributed by atoms with Crippen molar-refractivity contribution in [1.82, 2.24) is 14.8 Å². The molecule has 8 heteroatoms. The Morgan fingerprint density at radius 2 is 2.21 bits per heavy atom. The number of rotatable bonds is 7. The lowest BCUT2D eigenvalue weighted by Crippen LogP contribution is -2.23. The summed E-state index contributed by atoms with van der Waals surface area (Å²) in [6, 6.07) is 9.27. The highest BCUT2D eigenvalue weighted by Crippen LogP contribution is 2.40. The molecule has 1 N–H and O–H groups in total. The van der Waals surface area contributed by atoms with Crippen molar-refractivity contribution in [2.75, 3.05) is 5.32 Å². The fourth-order valence-electron chi connectivity index (χ4n) is 2.90. The van der Waals surface area contributed by atoms with E-state index in [2.05, 4.69) is 31.5 Å². The molecule has 0 bridgehead atoms. The van der Waals surface area contributed by atoms with Crippen molar-refractivity contribution in [3.8, 4) is 0 Å². The number of nitrogens with one attached hydrogen (secondary N) is 1. The summed E-state index contributed by atoms with van der Waals surface area (Å²) in [5.74, 6) is 0.434. The van der Waals surface area contributed by atoms with Crippen LogP contribution in [0.3, 0.4) is 0 Å². The summed E-state index contributed by atoms with van der Waals surface area (Å²) in [5, 5.41) is 14.0. The molecule has 0 spiro atoms. The predicted molar refractivity (Wildman–Crippen MR) is 111 cm³/mol. The lowest BCUT2D eigenvalue weighted by Gasteiger charge is -2.13. The molecule has 0 unspecified atom stereocenters. The number of hydrogen-bond acceptors (Lipinski definition) is 5. The number of aromatic nitrogens is 3. The predicted octanol–water partition coefficient (Wildman–Crippen LogP) is 4.83. The smallest absolute Gasteiger partial charge is 0.237 e. The Morgan fingerprint density at radius 1 is 1.39 bits per heavy atom. The fraction of sp³-hybridized carbons (Fsp3) is 0.350. The molecule has 3 aromatic rings. The van der Waals surface area contributed by atoms with E-state index in [9.17, 15) is 9.18 Å². The second kappa shape index (κ2) is 8.05. The van der Waals surface area contributed by atoms with Crippen LogP contribution < -0.4 is 5.32 Å². The number of carbonyl (C=O) groups is 1. The molecule has 1 atom stereocenters. The number of halogens is 1. The molecule has 0 saturated heterocycles. The maximum absolute atomic E-state index is 13.7. The maximum Gasteiger partial charge on any atom is 0.237 e. The van der Waals surface area contributed by atoms with Crippen molar-refractivity contribution in [3.63, 3.8) is 0 Å². The van der Waals surface area contributed by atoms with Gasteiger partial charge in [-0.3, -0.25) is 4.79 Å². The second-order valence-electron chi connectivity index (χ2n) is 6.97. The normalized spacial score (nSPS) is 14.8. The third-order valence-corrected chi connectivity index (χ3v) is 6.58. The van der Waals surface area contributed by atoms with E-state index in [1.165, 1.54) is 22.7 Å². The van der Waals surface area contributed by atoms with E-state index in [0.29, 0.717) is 17.3 Å². The molecule has 1 amide bonds. The van der Waals surface area contributed by atoms with Crippen LogP contribution in [0.2, 0.25) is 0 Å². The van der Waals surface area contributed by atoms with Gasteiger partial charge in [-0.25, -0.2) is 4.39 Å². The minimum Gasteiger partial charge on any atom is -0.325 e. The number of hydrogen-bond donors (Lipinski definition) is 1. The average Bonchev–Trinajstić information content (AvgIpc) is 3.22. The molecule has 2 aromatic heterocycles. The summed E-state index contributed by atoms with van der Waals surface area (Å²) in [6.45, 7) is 3.52. The zero-order valence-corrected chi connectivity index (χ0v) is 17.3. The number of thioether (sulfide) groups is 1. The lowest BCUT2D eigenvalue weighted by molar-refractivity contribution is -0.115. The van der Waals surface area contributed by atoms with Crippen LogP contribution in [0.25, 0.3) is 0 Å². The van der Waals surface area contributed by atoms with Crippen LogP contribution in [0.5, 0.6) is 0 Å². The zero-order chi connectivity index (χ0) is 19.7. The molecule has 1 fully saturated rings. The molecule has 2 heterocycles. The summed E-state index contributed by atoms with van der Waals surface area (Å²) in [4.78, 5) is 13.8. The first-order chi connectivity index (χ1) is 13.5. The van der Waals surface area contributed by atoms with Crippen LogP contribution in [-0.4, -0.2) is 25.9 Å². The average molecular weight is 417 g/mol. The van der Waals surface area contributed by atoms with Gasteiger partial charge in [-0.2, -0.15) is 0 Å². The number of benzene rings is 1. The summed E-state index contributed by atoms with van der Waals surface area (Å²) < 4.78 is 15.9. The van der Waals surface area contributed by atoms with Gasteiger partial charge >= 0.3 is 0 Å². The molecule has 0 aliphatic heterocycles. The van der Waals surface area contributed by atoms with E-state index in [0.717, 1.165) is 30.2 Å². The van der Waals surface area contributed by atoms with E-state index in [-0.39, 0.29) is 17.0 Å². The number of thiophene rings is 1. The van der Waals surface area contributed by atoms with Gasteiger partial charge in [0.15, 0.2) is 5.16 Å². The van der Waals surface area contributed by atoms with Gasteiger partial charge in [0, 0.05) is 23.0 Å².